The van der Waals surface area contributed by atoms with Crippen LogP contribution in [0.2, 0.25) is 0 Å². The van der Waals surface area contributed by atoms with Crippen LogP contribution in [0.4, 0.5) is 0 Å². The standard InChI is InChI=1S/C18H31NOS/c1-6-10-19-18(13-21(20)11-9-14(2)3)17-8-7-15(4)16(5)12-17/h7-8,12,14,18-19H,6,9-11,13H2,1-5H3. The predicted octanol–water partition coefficient (Wildman–Crippen LogP) is 4.14. The van der Waals surface area contributed by atoms with Gasteiger partial charge >= 0.3 is 0 Å². The van der Waals surface area contributed by atoms with Crippen molar-refractivity contribution in [1.82, 2.24) is 5.32 Å². The first-order valence-electron chi connectivity index (χ1n) is 8.09. The monoisotopic (exact) mass is 309 g/mol. The third kappa shape index (κ3) is 6.75. The van der Waals surface area contributed by atoms with E-state index in [0.717, 1.165) is 30.9 Å². The lowest BCUT2D eigenvalue weighted by atomic mass is 10.0. The highest BCUT2D eigenvalue weighted by Crippen LogP contribution is 2.19. The van der Waals surface area contributed by atoms with Crippen LogP contribution in [-0.2, 0) is 10.8 Å². The Morgan fingerprint density at radius 2 is 1.90 bits per heavy atom. The van der Waals surface area contributed by atoms with Crippen LogP contribution in [0.3, 0.4) is 0 Å². The quantitative estimate of drug-likeness (QED) is 0.743. The van der Waals surface area contributed by atoms with Crippen LogP contribution < -0.4 is 5.32 Å². The van der Waals surface area contributed by atoms with E-state index in [1.165, 1.54) is 16.7 Å². The van der Waals surface area contributed by atoms with Crippen molar-refractivity contribution in [2.45, 2.75) is 53.5 Å². The summed E-state index contributed by atoms with van der Waals surface area (Å²) in [6.07, 6.45) is 2.14. The molecular weight excluding hydrogens is 278 g/mol. The van der Waals surface area contributed by atoms with E-state index in [1.54, 1.807) is 0 Å². The number of hydrogen-bond donors (Lipinski definition) is 1. The molecule has 0 spiro atoms. The summed E-state index contributed by atoms with van der Waals surface area (Å²) in [4.78, 5) is 0. The fourth-order valence-electron chi connectivity index (χ4n) is 2.21. The molecule has 0 aliphatic carbocycles. The van der Waals surface area contributed by atoms with Crippen LogP contribution >= 0.6 is 0 Å². The topological polar surface area (TPSA) is 29.1 Å². The molecule has 0 aliphatic heterocycles. The number of nitrogens with one attached hydrogen (secondary N) is 1. The van der Waals surface area contributed by atoms with E-state index in [1.807, 2.05) is 0 Å². The first kappa shape index (κ1) is 18.4. The van der Waals surface area contributed by atoms with Crippen molar-refractivity contribution in [2.75, 3.05) is 18.1 Å². The summed E-state index contributed by atoms with van der Waals surface area (Å²) in [6.45, 7) is 11.8. The van der Waals surface area contributed by atoms with Crippen molar-refractivity contribution in [2.24, 2.45) is 5.92 Å². The molecule has 2 atom stereocenters. The first-order valence-corrected chi connectivity index (χ1v) is 9.58. The van der Waals surface area contributed by atoms with Crippen molar-refractivity contribution < 1.29 is 4.21 Å². The van der Waals surface area contributed by atoms with Gasteiger partial charge in [-0.05, 0) is 55.8 Å². The van der Waals surface area contributed by atoms with E-state index in [0.29, 0.717) is 5.92 Å². The molecule has 1 rings (SSSR count). The molecule has 3 heteroatoms. The minimum absolute atomic E-state index is 0.206. The summed E-state index contributed by atoms with van der Waals surface area (Å²) in [7, 11) is -0.749. The molecule has 1 aromatic carbocycles. The third-order valence-corrected chi connectivity index (χ3v) is 5.25. The Morgan fingerprint density at radius 1 is 1.19 bits per heavy atom. The second-order valence-corrected chi connectivity index (χ2v) is 7.96. The van der Waals surface area contributed by atoms with Crippen molar-refractivity contribution in [1.29, 1.82) is 0 Å². The molecule has 0 saturated carbocycles. The van der Waals surface area contributed by atoms with Gasteiger partial charge in [0.2, 0.25) is 0 Å². The summed E-state index contributed by atoms with van der Waals surface area (Å²) in [5.41, 5.74) is 3.89. The lowest BCUT2D eigenvalue weighted by molar-refractivity contribution is 0.566. The average molecular weight is 310 g/mol. The molecule has 120 valence electrons. The SMILES string of the molecule is CCCNC(CS(=O)CCC(C)C)c1ccc(C)c(C)c1. The summed E-state index contributed by atoms with van der Waals surface area (Å²) < 4.78 is 12.3. The highest BCUT2D eigenvalue weighted by atomic mass is 32.2. The van der Waals surface area contributed by atoms with E-state index >= 15 is 0 Å². The molecule has 0 fully saturated rings. The summed E-state index contributed by atoms with van der Waals surface area (Å²) in [5.74, 6) is 2.15. The molecule has 0 aromatic heterocycles. The maximum Gasteiger partial charge on any atom is 0.0436 e. The van der Waals surface area contributed by atoms with Crippen molar-refractivity contribution in [3.8, 4) is 0 Å². The Morgan fingerprint density at radius 3 is 2.48 bits per heavy atom. The van der Waals surface area contributed by atoms with Gasteiger partial charge in [-0.3, -0.25) is 4.21 Å². The maximum absolute atomic E-state index is 12.3. The highest BCUT2D eigenvalue weighted by Gasteiger charge is 2.15. The van der Waals surface area contributed by atoms with Gasteiger partial charge in [-0.25, -0.2) is 0 Å². The van der Waals surface area contributed by atoms with Crippen LogP contribution in [0.15, 0.2) is 18.2 Å². The van der Waals surface area contributed by atoms with Gasteiger partial charge in [0.15, 0.2) is 0 Å². The van der Waals surface area contributed by atoms with E-state index in [-0.39, 0.29) is 6.04 Å². The molecule has 0 bridgehead atoms. The van der Waals surface area contributed by atoms with Crippen molar-refractivity contribution in [3.05, 3.63) is 34.9 Å². The molecule has 0 radical (unpaired) electrons. The molecule has 2 nitrogen and oxygen atoms in total. The minimum Gasteiger partial charge on any atom is -0.309 e. The van der Waals surface area contributed by atoms with E-state index < -0.39 is 10.8 Å². The van der Waals surface area contributed by atoms with Gasteiger partial charge in [0.1, 0.15) is 0 Å². The van der Waals surface area contributed by atoms with Gasteiger partial charge in [0, 0.05) is 28.3 Å². The zero-order valence-electron chi connectivity index (χ0n) is 14.2. The molecule has 0 aliphatic rings. The molecule has 1 N–H and O–H groups in total. The van der Waals surface area contributed by atoms with Gasteiger partial charge < -0.3 is 5.32 Å². The Kier molecular flexibility index (Phi) is 8.20. The maximum atomic E-state index is 12.3. The third-order valence-electron chi connectivity index (χ3n) is 3.85. The Labute approximate surface area is 133 Å². The molecular formula is C18H31NOS. The van der Waals surface area contributed by atoms with Crippen LogP contribution in [0.5, 0.6) is 0 Å². The number of benzene rings is 1. The molecule has 2 unspecified atom stereocenters. The van der Waals surface area contributed by atoms with Crippen molar-refractivity contribution >= 4 is 10.8 Å². The predicted molar refractivity (Wildman–Crippen MR) is 94.3 cm³/mol. The first-order chi connectivity index (χ1) is 9.93. The summed E-state index contributed by atoms with van der Waals surface area (Å²) in [6, 6.07) is 6.79. The van der Waals surface area contributed by atoms with Crippen LogP contribution in [-0.4, -0.2) is 22.3 Å². The fourth-order valence-corrected chi connectivity index (χ4v) is 3.79. The lowest BCUT2D eigenvalue weighted by Gasteiger charge is -2.20. The van der Waals surface area contributed by atoms with Crippen LogP contribution in [0.25, 0.3) is 0 Å². The smallest absolute Gasteiger partial charge is 0.0436 e. The number of hydrogen-bond acceptors (Lipinski definition) is 2. The summed E-state index contributed by atoms with van der Waals surface area (Å²) in [5, 5.41) is 3.56. The minimum atomic E-state index is -0.749. The molecule has 0 saturated heterocycles. The number of aryl methyl sites for hydroxylation is 2. The fraction of sp³-hybridized carbons (Fsp3) is 0.667. The van der Waals surface area contributed by atoms with Gasteiger partial charge in [-0.1, -0.05) is 39.0 Å². The van der Waals surface area contributed by atoms with Crippen LogP contribution in [0, 0.1) is 19.8 Å². The molecule has 0 amide bonds. The Hall–Kier alpha value is -0.670. The van der Waals surface area contributed by atoms with Gasteiger partial charge in [0.05, 0.1) is 0 Å². The van der Waals surface area contributed by atoms with Crippen LogP contribution in [0.1, 0.15) is 56.3 Å². The largest absolute Gasteiger partial charge is 0.309 e. The van der Waals surface area contributed by atoms with Gasteiger partial charge in [-0.2, -0.15) is 0 Å². The lowest BCUT2D eigenvalue weighted by Crippen LogP contribution is -2.28. The zero-order chi connectivity index (χ0) is 15.8. The van der Waals surface area contributed by atoms with Crippen molar-refractivity contribution in [3.63, 3.8) is 0 Å². The van der Waals surface area contributed by atoms with E-state index in [2.05, 4.69) is 58.1 Å². The molecule has 1 aromatic rings. The average Bonchev–Trinajstić information content (AvgIpc) is 2.44. The second kappa shape index (κ2) is 9.37. The van der Waals surface area contributed by atoms with Gasteiger partial charge in [-0.15, -0.1) is 0 Å². The Balaban J connectivity index is 2.74. The van der Waals surface area contributed by atoms with Gasteiger partial charge in [0.25, 0.3) is 0 Å². The second-order valence-electron chi connectivity index (χ2n) is 6.34. The molecule has 21 heavy (non-hydrogen) atoms. The Bertz CT molecular complexity index is 457. The summed E-state index contributed by atoms with van der Waals surface area (Å²) >= 11 is 0. The van der Waals surface area contributed by atoms with E-state index in [4.69, 9.17) is 0 Å². The number of rotatable bonds is 9. The van der Waals surface area contributed by atoms with E-state index in [9.17, 15) is 4.21 Å². The highest BCUT2D eigenvalue weighted by molar-refractivity contribution is 7.85. The zero-order valence-corrected chi connectivity index (χ0v) is 15.1. The molecule has 0 heterocycles. The normalized spacial score (nSPS) is 14.4.